The van der Waals surface area contributed by atoms with E-state index in [4.69, 9.17) is 24.3 Å². The largest absolute Gasteiger partial charge is 0.462 e. The highest BCUT2D eigenvalue weighted by Crippen LogP contribution is 2.46. The Morgan fingerprint density at radius 3 is 2.60 bits per heavy atom. The van der Waals surface area contributed by atoms with Crippen molar-refractivity contribution >= 4 is 19.5 Å². The number of hydrogen-bond donors (Lipinski definition) is 3. The van der Waals surface area contributed by atoms with Crippen molar-refractivity contribution in [1.82, 2.24) is 14.6 Å². The Bertz CT molecular complexity index is 1110. The summed E-state index contributed by atoms with van der Waals surface area (Å²) >= 11 is 0. The molecule has 0 bridgehead atoms. The molecular formula is C22H31N4O8P. The van der Waals surface area contributed by atoms with Crippen LogP contribution >= 0.6 is 7.75 Å². The number of anilines is 1. The van der Waals surface area contributed by atoms with Crippen molar-refractivity contribution in [3.8, 4) is 5.75 Å². The lowest BCUT2D eigenvalue weighted by molar-refractivity contribution is -0.149. The van der Waals surface area contributed by atoms with E-state index in [9.17, 15) is 19.3 Å². The zero-order chi connectivity index (χ0) is 25.8. The van der Waals surface area contributed by atoms with Crippen LogP contribution in [0.1, 0.15) is 33.9 Å². The molecule has 13 heteroatoms. The van der Waals surface area contributed by atoms with Gasteiger partial charge in [-0.25, -0.2) is 9.36 Å². The van der Waals surface area contributed by atoms with Crippen LogP contribution in [0.25, 0.3) is 0 Å². The summed E-state index contributed by atoms with van der Waals surface area (Å²) < 4.78 is 37.0. The molecule has 0 spiro atoms. The summed E-state index contributed by atoms with van der Waals surface area (Å²) in [6.45, 7) is 6.31. The number of hydrogen-bond acceptors (Lipinski definition) is 10. The molecule has 2 aromatic rings. The van der Waals surface area contributed by atoms with Crippen molar-refractivity contribution in [1.29, 1.82) is 0 Å². The second-order valence-corrected chi connectivity index (χ2v) is 10.2. The summed E-state index contributed by atoms with van der Waals surface area (Å²) in [4.78, 5) is 28.1. The van der Waals surface area contributed by atoms with E-state index in [0.717, 1.165) is 4.57 Å². The molecule has 1 aliphatic heterocycles. The fourth-order valence-electron chi connectivity index (χ4n) is 3.41. The number of nitrogens with zero attached hydrogens (tertiary/aromatic N) is 2. The predicted octanol–water partition coefficient (Wildman–Crippen LogP) is 1.85. The first-order chi connectivity index (χ1) is 16.5. The van der Waals surface area contributed by atoms with Gasteiger partial charge in [-0.05, 0) is 39.0 Å². The molecule has 1 aromatic heterocycles. The average Bonchev–Trinajstić information content (AvgIpc) is 3.06. The van der Waals surface area contributed by atoms with Crippen LogP contribution in [0.2, 0.25) is 0 Å². The van der Waals surface area contributed by atoms with Crippen LogP contribution < -0.4 is 21.0 Å². The maximum Gasteiger partial charge on any atom is 0.459 e. The molecule has 192 valence electrons. The first-order valence-corrected chi connectivity index (χ1v) is 12.7. The SMILES string of the molecule is CC(C)OC(=O)[C@@H](C)NP(=O)(OC[C@H]1O[C@@H](n2ccc(N)nc2=O)[C@H](O)[C@@H]1C)Oc1ccccc1. The summed E-state index contributed by atoms with van der Waals surface area (Å²) in [5.41, 5.74) is 4.85. The molecule has 4 N–H and O–H groups in total. The van der Waals surface area contributed by atoms with Crippen molar-refractivity contribution in [3.05, 3.63) is 53.1 Å². The lowest BCUT2D eigenvalue weighted by Crippen LogP contribution is -2.37. The van der Waals surface area contributed by atoms with Crippen LogP contribution in [0.4, 0.5) is 5.82 Å². The Morgan fingerprint density at radius 1 is 1.29 bits per heavy atom. The molecule has 35 heavy (non-hydrogen) atoms. The molecule has 6 atom stereocenters. The molecule has 1 aliphatic rings. The van der Waals surface area contributed by atoms with Gasteiger partial charge >= 0.3 is 19.4 Å². The number of nitrogens with one attached hydrogen (secondary N) is 1. The third kappa shape index (κ3) is 6.89. The van der Waals surface area contributed by atoms with Gasteiger partial charge in [0.2, 0.25) is 0 Å². The molecule has 0 aliphatic carbocycles. The second-order valence-electron chi connectivity index (χ2n) is 8.49. The molecule has 3 rings (SSSR count). The van der Waals surface area contributed by atoms with Crippen LogP contribution in [0, 0.1) is 5.92 Å². The van der Waals surface area contributed by atoms with Crippen LogP contribution in [0.3, 0.4) is 0 Å². The van der Waals surface area contributed by atoms with Crippen LogP contribution in [-0.4, -0.2) is 51.6 Å². The Kier molecular flexibility index (Phi) is 8.68. The molecule has 0 amide bonds. The number of aliphatic hydroxyl groups is 1. The number of carbonyl (C=O) groups excluding carboxylic acids is 1. The van der Waals surface area contributed by atoms with Gasteiger partial charge in [0.1, 0.15) is 23.7 Å². The number of carbonyl (C=O) groups is 1. The summed E-state index contributed by atoms with van der Waals surface area (Å²) in [5.74, 6) is -0.831. The van der Waals surface area contributed by atoms with E-state index in [1.807, 2.05) is 0 Å². The lowest BCUT2D eigenvalue weighted by atomic mass is 10.0. The summed E-state index contributed by atoms with van der Waals surface area (Å²) in [5, 5.41) is 13.3. The van der Waals surface area contributed by atoms with Gasteiger partial charge in [-0.1, -0.05) is 25.1 Å². The Balaban J connectivity index is 1.75. The van der Waals surface area contributed by atoms with Crippen LogP contribution in [0.15, 0.2) is 47.4 Å². The van der Waals surface area contributed by atoms with E-state index in [1.165, 1.54) is 19.2 Å². The average molecular weight is 510 g/mol. The van der Waals surface area contributed by atoms with E-state index in [0.29, 0.717) is 0 Å². The highest BCUT2D eigenvalue weighted by molar-refractivity contribution is 7.52. The Morgan fingerprint density at radius 2 is 1.97 bits per heavy atom. The number of aromatic nitrogens is 2. The quantitative estimate of drug-likeness (QED) is 0.316. The fraction of sp³-hybridized carbons (Fsp3) is 0.500. The number of nitrogen functional groups attached to an aromatic ring is 1. The molecular weight excluding hydrogens is 479 g/mol. The van der Waals surface area contributed by atoms with Crippen molar-refractivity contribution < 1.29 is 33.0 Å². The van der Waals surface area contributed by atoms with Crippen LogP contribution in [-0.2, 0) is 23.4 Å². The van der Waals surface area contributed by atoms with Gasteiger partial charge in [0.15, 0.2) is 6.23 Å². The fourth-order valence-corrected chi connectivity index (χ4v) is 4.91. The van der Waals surface area contributed by atoms with Gasteiger partial charge in [0, 0.05) is 12.1 Å². The molecule has 1 aromatic carbocycles. The zero-order valence-corrected chi connectivity index (χ0v) is 20.8. The van der Waals surface area contributed by atoms with Crippen LogP contribution in [0.5, 0.6) is 5.75 Å². The van der Waals surface area contributed by atoms with E-state index >= 15 is 0 Å². The van der Waals surface area contributed by atoms with E-state index in [-0.39, 0.29) is 24.3 Å². The summed E-state index contributed by atoms with van der Waals surface area (Å²) in [6, 6.07) is 8.72. The molecule has 1 unspecified atom stereocenters. The molecule has 1 fully saturated rings. The molecule has 2 heterocycles. The highest BCUT2D eigenvalue weighted by Gasteiger charge is 2.44. The van der Waals surface area contributed by atoms with Gasteiger partial charge in [0.25, 0.3) is 0 Å². The smallest absolute Gasteiger partial charge is 0.459 e. The minimum atomic E-state index is -4.11. The monoisotopic (exact) mass is 510 g/mol. The van der Waals surface area contributed by atoms with Gasteiger partial charge in [-0.2, -0.15) is 10.1 Å². The number of rotatable bonds is 10. The second kappa shape index (κ2) is 11.3. The van der Waals surface area contributed by atoms with Crippen molar-refractivity contribution in [2.24, 2.45) is 5.92 Å². The number of para-hydroxylation sites is 1. The summed E-state index contributed by atoms with van der Waals surface area (Å²) in [6.07, 6.45) is -1.86. The molecule has 1 saturated heterocycles. The minimum absolute atomic E-state index is 0.0434. The summed E-state index contributed by atoms with van der Waals surface area (Å²) in [7, 11) is -4.11. The van der Waals surface area contributed by atoms with Gasteiger partial charge < -0.3 is 24.8 Å². The normalized spacial score (nSPS) is 24.6. The van der Waals surface area contributed by atoms with Gasteiger partial charge in [-0.3, -0.25) is 13.9 Å². The van der Waals surface area contributed by atoms with E-state index in [1.54, 1.807) is 51.1 Å². The van der Waals surface area contributed by atoms with Crippen molar-refractivity contribution in [3.63, 3.8) is 0 Å². The predicted molar refractivity (Wildman–Crippen MR) is 126 cm³/mol. The first kappa shape index (κ1) is 26.8. The number of aliphatic hydroxyl groups excluding tert-OH is 1. The topological polar surface area (TPSA) is 164 Å². The maximum atomic E-state index is 13.6. The Hall–Kier alpha value is -2.76. The number of nitrogens with two attached hydrogens (primary N) is 1. The number of benzene rings is 1. The molecule has 12 nitrogen and oxygen atoms in total. The van der Waals surface area contributed by atoms with E-state index < -0.39 is 49.8 Å². The van der Waals surface area contributed by atoms with Gasteiger partial charge in [-0.15, -0.1) is 0 Å². The zero-order valence-electron chi connectivity index (χ0n) is 19.9. The lowest BCUT2D eigenvalue weighted by Gasteiger charge is -2.25. The van der Waals surface area contributed by atoms with Gasteiger partial charge in [0.05, 0.1) is 18.8 Å². The third-order valence-corrected chi connectivity index (χ3v) is 6.94. The highest BCUT2D eigenvalue weighted by atomic mass is 31.2. The maximum absolute atomic E-state index is 13.6. The third-order valence-electron chi connectivity index (χ3n) is 5.29. The standard InChI is InChI=1S/C22H31N4O8P/c1-13(2)32-21(28)15(4)25-35(30,34-16-8-6-5-7-9-16)31-12-17-14(3)19(27)20(33-17)26-11-10-18(23)24-22(26)29/h5-11,13-15,17,19-20,27H,12H2,1-4H3,(H,25,30)(H2,23,24,29)/t14-,15-,17-,19-,20-,35?/m1/s1. The first-order valence-electron chi connectivity index (χ1n) is 11.1. The number of esters is 1. The number of ether oxygens (including phenoxy) is 2. The molecule has 0 saturated carbocycles. The molecule has 0 radical (unpaired) electrons. The Labute approximate surface area is 202 Å². The van der Waals surface area contributed by atoms with Crippen molar-refractivity contribution in [2.75, 3.05) is 12.3 Å². The van der Waals surface area contributed by atoms with Crippen molar-refractivity contribution in [2.45, 2.75) is 58.3 Å². The van der Waals surface area contributed by atoms with E-state index in [2.05, 4.69) is 10.1 Å². The minimum Gasteiger partial charge on any atom is -0.462 e.